The van der Waals surface area contributed by atoms with Crippen LogP contribution in [0.5, 0.6) is 0 Å². The molecule has 2 aromatic carbocycles. The van der Waals surface area contributed by atoms with Gasteiger partial charge in [0.1, 0.15) is 5.82 Å². The maximum atomic E-state index is 13.8. The summed E-state index contributed by atoms with van der Waals surface area (Å²) < 4.78 is 13.8. The van der Waals surface area contributed by atoms with Gasteiger partial charge >= 0.3 is 0 Å². The Balaban J connectivity index is 2.49. The summed E-state index contributed by atoms with van der Waals surface area (Å²) in [5.41, 5.74) is 4.57. The van der Waals surface area contributed by atoms with Crippen molar-refractivity contribution in [1.29, 1.82) is 0 Å². The molecule has 0 N–H and O–H groups in total. The van der Waals surface area contributed by atoms with Crippen LogP contribution in [0.1, 0.15) is 18.3 Å². The summed E-state index contributed by atoms with van der Waals surface area (Å²) in [5, 5.41) is 1.85. The number of hydrogen-bond donors (Lipinski definition) is 0. The van der Waals surface area contributed by atoms with Crippen LogP contribution in [-0.2, 0) is 0 Å². The van der Waals surface area contributed by atoms with E-state index >= 15 is 0 Å². The Labute approximate surface area is 123 Å². The highest BCUT2D eigenvalue weighted by molar-refractivity contribution is 6.01. The molecule has 0 radical (unpaired) electrons. The predicted molar refractivity (Wildman–Crippen MR) is 86.6 cm³/mol. The Hall–Kier alpha value is -2.48. The van der Waals surface area contributed by atoms with E-state index in [1.165, 1.54) is 6.07 Å². The van der Waals surface area contributed by atoms with Gasteiger partial charge in [0.05, 0.1) is 5.69 Å². The van der Waals surface area contributed by atoms with Crippen LogP contribution >= 0.6 is 0 Å². The van der Waals surface area contributed by atoms with Gasteiger partial charge in [-0.05, 0) is 48.6 Å². The van der Waals surface area contributed by atoms with E-state index in [2.05, 4.69) is 11.6 Å². The lowest BCUT2D eigenvalue weighted by molar-refractivity contribution is 0.629. The van der Waals surface area contributed by atoms with E-state index in [9.17, 15) is 4.39 Å². The second-order valence-corrected chi connectivity index (χ2v) is 5.26. The van der Waals surface area contributed by atoms with Gasteiger partial charge in [0.25, 0.3) is 0 Å². The zero-order valence-electron chi connectivity index (χ0n) is 12.2. The third-order valence-corrected chi connectivity index (χ3v) is 3.62. The van der Waals surface area contributed by atoms with Gasteiger partial charge in [-0.2, -0.15) is 0 Å². The lowest BCUT2D eigenvalue weighted by Gasteiger charge is -2.15. The first-order valence-corrected chi connectivity index (χ1v) is 6.89. The Morgan fingerprint density at radius 1 is 1.05 bits per heavy atom. The summed E-state index contributed by atoms with van der Waals surface area (Å²) in [5.74, 6) is -0.238. The number of rotatable bonds is 2. The zero-order chi connectivity index (χ0) is 15.0. The van der Waals surface area contributed by atoms with E-state index in [1.54, 1.807) is 12.1 Å². The van der Waals surface area contributed by atoms with Crippen LogP contribution in [0, 0.1) is 12.7 Å². The molecule has 0 atom stereocenters. The highest BCUT2D eigenvalue weighted by atomic mass is 19.1. The first kappa shape index (κ1) is 13.5. The molecule has 0 fully saturated rings. The number of benzene rings is 2. The summed E-state index contributed by atoms with van der Waals surface area (Å²) in [6.45, 7) is 7.90. The number of aromatic nitrogens is 1. The van der Waals surface area contributed by atoms with Gasteiger partial charge in [0.15, 0.2) is 0 Å². The smallest absolute Gasteiger partial charge is 0.123 e. The van der Waals surface area contributed by atoms with E-state index in [-0.39, 0.29) is 5.82 Å². The van der Waals surface area contributed by atoms with Crippen LogP contribution in [0.15, 0.2) is 55.1 Å². The van der Waals surface area contributed by atoms with Crippen LogP contribution in [0.25, 0.3) is 27.5 Å². The van der Waals surface area contributed by atoms with Gasteiger partial charge in [-0.25, -0.2) is 4.39 Å². The number of fused-ring (bicyclic) bond motifs is 1. The Morgan fingerprint density at radius 3 is 2.43 bits per heavy atom. The van der Waals surface area contributed by atoms with Gasteiger partial charge in [0, 0.05) is 16.6 Å². The van der Waals surface area contributed by atoms with Gasteiger partial charge in [-0.15, -0.1) is 0 Å². The number of halogens is 1. The number of allylic oxidation sites excluding steroid dienone is 1. The average molecular weight is 277 g/mol. The molecule has 3 rings (SSSR count). The second kappa shape index (κ2) is 5.13. The van der Waals surface area contributed by atoms with Gasteiger partial charge in [0.2, 0.25) is 0 Å². The monoisotopic (exact) mass is 277 g/mol. The summed E-state index contributed by atoms with van der Waals surface area (Å²) in [6.07, 6.45) is 0. The minimum Gasteiger partial charge on any atom is -0.252 e. The van der Waals surface area contributed by atoms with E-state index < -0.39 is 0 Å². The first-order valence-electron chi connectivity index (χ1n) is 6.89. The number of nitrogens with zero attached hydrogens (tertiary/aromatic N) is 1. The van der Waals surface area contributed by atoms with Crippen LogP contribution in [0.3, 0.4) is 0 Å². The number of hydrogen-bond acceptors (Lipinski definition) is 1. The van der Waals surface area contributed by atoms with Crippen LogP contribution < -0.4 is 0 Å². The third-order valence-electron chi connectivity index (χ3n) is 3.62. The van der Waals surface area contributed by atoms with Crippen LogP contribution in [0.2, 0.25) is 0 Å². The van der Waals surface area contributed by atoms with Gasteiger partial charge in [-0.1, -0.05) is 36.9 Å². The number of pyridine rings is 1. The Bertz CT molecular complexity index is 835. The molecule has 0 spiro atoms. The summed E-state index contributed by atoms with van der Waals surface area (Å²) in [6, 6.07) is 14.8. The van der Waals surface area contributed by atoms with Crippen molar-refractivity contribution in [3.8, 4) is 11.1 Å². The second-order valence-electron chi connectivity index (χ2n) is 5.26. The SMILES string of the molecule is C=C(C)c1nc(C)c2ccc(F)cc2c1-c1ccccc1. The molecule has 2 heteroatoms. The molecular weight excluding hydrogens is 261 g/mol. The maximum Gasteiger partial charge on any atom is 0.123 e. The van der Waals surface area contributed by atoms with Crippen molar-refractivity contribution in [3.63, 3.8) is 0 Å². The molecule has 1 heterocycles. The fourth-order valence-corrected chi connectivity index (χ4v) is 2.66. The standard InChI is InChI=1S/C19H16FN/c1-12(2)19-18(14-7-5-4-6-8-14)17-11-15(20)9-10-16(17)13(3)21-19/h4-11H,1H2,2-3H3. The molecule has 0 bridgehead atoms. The predicted octanol–water partition coefficient (Wildman–Crippen LogP) is 5.38. The minimum absolute atomic E-state index is 0.238. The summed E-state index contributed by atoms with van der Waals surface area (Å²) in [7, 11) is 0. The Kier molecular flexibility index (Phi) is 3.30. The van der Waals surface area contributed by atoms with E-state index in [0.717, 1.165) is 38.9 Å². The van der Waals surface area contributed by atoms with Crippen LogP contribution in [0.4, 0.5) is 4.39 Å². The largest absolute Gasteiger partial charge is 0.252 e. The molecule has 1 nitrogen and oxygen atoms in total. The van der Waals surface area contributed by atoms with E-state index in [1.807, 2.05) is 44.2 Å². The normalized spacial score (nSPS) is 10.8. The lowest BCUT2D eigenvalue weighted by Crippen LogP contribution is -1.97. The molecule has 1 aromatic heterocycles. The first-order chi connectivity index (χ1) is 10.1. The molecule has 0 aliphatic rings. The molecule has 0 saturated carbocycles. The zero-order valence-corrected chi connectivity index (χ0v) is 12.2. The molecule has 104 valence electrons. The lowest BCUT2D eigenvalue weighted by atomic mass is 9.94. The quantitative estimate of drug-likeness (QED) is 0.612. The van der Waals surface area contributed by atoms with Crippen molar-refractivity contribution in [1.82, 2.24) is 4.98 Å². The molecule has 0 unspecified atom stereocenters. The van der Waals surface area contributed by atoms with Crippen LogP contribution in [-0.4, -0.2) is 4.98 Å². The fourth-order valence-electron chi connectivity index (χ4n) is 2.66. The van der Waals surface area contributed by atoms with Crippen molar-refractivity contribution in [2.75, 3.05) is 0 Å². The summed E-state index contributed by atoms with van der Waals surface area (Å²) in [4.78, 5) is 4.68. The molecule has 21 heavy (non-hydrogen) atoms. The highest BCUT2D eigenvalue weighted by Gasteiger charge is 2.14. The maximum absolute atomic E-state index is 13.8. The Morgan fingerprint density at radius 2 is 1.76 bits per heavy atom. The van der Waals surface area contributed by atoms with Crippen molar-refractivity contribution in [3.05, 3.63) is 72.3 Å². The highest BCUT2D eigenvalue weighted by Crippen LogP contribution is 2.35. The average Bonchev–Trinajstić information content (AvgIpc) is 2.47. The molecule has 0 aliphatic carbocycles. The van der Waals surface area contributed by atoms with E-state index in [0.29, 0.717) is 0 Å². The molecule has 0 amide bonds. The molecule has 3 aromatic rings. The van der Waals surface area contributed by atoms with Gasteiger partial charge < -0.3 is 0 Å². The van der Waals surface area contributed by atoms with E-state index in [4.69, 9.17) is 0 Å². The third kappa shape index (κ3) is 2.33. The van der Waals surface area contributed by atoms with Gasteiger partial charge in [-0.3, -0.25) is 4.98 Å². The molecular formula is C19H16FN. The topological polar surface area (TPSA) is 12.9 Å². The van der Waals surface area contributed by atoms with Crippen molar-refractivity contribution >= 4 is 16.3 Å². The molecule has 0 aliphatic heterocycles. The minimum atomic E-state index is -0.238. The fraction of sp³-hybridized carbons (Fsp3) is 0.105. The molecule has 0 saturated heterocycles. The van der Waals surface area contributed by atoms with Crippen molar-refractivity contribution in [2.45, 2.75) is 13.8 Å². The van der Waals surface area contributed by atoms with Crippen molar-refractivity contribution < 1.29 is 4.39 Å². The summed E-state index contributed by atoms with van der Waals surface area (Å²) >= 11 is 0. The number of aryl methyl sites for hydroxylation is 1. The van der Waals surface area contributed by atoms with Crippen molar-refractivity contribution in [2.24, 2.45) is 0 Å².